The van der Waals surface area contributed by atoms with Crippen LogP contribution >= 0.6 is 0 Å². The van der Waals surface area contributed by atoms with Gasteiger partial charge in [-0.2, -0.15) is 0 Å². The third-order valence-corrected chi connectivity index (χ3v) is 5.48. The average molecular weight is 417 g/mol. The maximum Gasteiger partial charge on any atom is 0.302 e. The molecule has 0 aliphatic carbocycles. The van der Waals surface area contributed by atoms with Crippen molar-refractivity contribution in [2.24, 2.45) is 0 Å². The summed E-state index contributed by atoms with van der Waals surface area (Å²) in [5.41, 5.74) is 0. The highest BCUT2D eigenvalue weighted by atomic mass is 16.7. The summed E-state index contributed by atoms with van der Waals surface area (Å²) in [5.74, 6) is -0.334. The highest BCUT2D eigenvalue weighted by Crippen LogP contribution is 2.31. The molecule has 7 heteroatoms. The summed E-state index contributed by atoms with van der Waals surface area (Å²) in [5, 5.41) is 9.76. The molecule has 0 aromatic rings. The molecule has 8 unspecified atom stereocenters. The molecule has 170 valence electrons. The van der Waals surface area contributed by atoms with Gasteiger partial charge in [0.25, 0.3) is 0 Å². The van der Waals surface area contributed by atoms with Crippen LogP contribution < -0.4 is 0 Å². The third-order valence-electron chi connectivity index (χ3n) is 5.48. The molecule has 2 saturated heterocycles. The Labute approximate surface area is 175 Å². The Balaban J connectivity index is 1.98. The van der Waals surface area contributed by atoms with E-state index in [9.17, 15) is 9.90 Å². The van der Waals surface area contributed by atoms with Gasteiger partial charge in [0, 0.05) is 39.0 Å². The fourth-order valence-electron chi connectivity index (χ4n) is 4.33. The Bertz CT molecular complexity index is 484. The number of aliphatic hydroxyl groups is 1. The number of carbonyl (C=O) groups excluding carboxylic acids is 1. The minimum absolute atomic E-state index is 0.0302. The van der Waals surface area contributed by atoms with Crippen molar-refractivity contribution in [1.82, 2.24) is 0 Å². The van der Waals surface area contributed by atoms with Crippen molar-refractivity contribution >= 4 is 5.97 Å². The van der Waals surface area contributed by atoms with E-state index in [4.69, 9.17) is 23.7 Å². The summed E-state index contributed by atoms with van der Waals surface area (Å²) in [7, 11) is 0. The van der Waals surface area contributed by atoms with Crippen LogP contribution in [0, 0.1) is 0 Å². The molecule has 2 aliphatic heterocycles. The molecule has 0 aromatic heterocycles. The first kappa shape index (κ1) is 24.5. The lowest BCUT2D eigenvalue weighted by Crippen LogP contribution is -2.44. The summed E-state index contributed by atoms with van der Waals surface area (Å²) >= 11 is 0. The first-order chi connectivity index (χ1) is 13.8. The van der Waals surface area contributed by atoms with Crippen molar-refractivity contribution in [3.63, 3.8) is 0 Å². The van der Waals surface area contributed by atoms with E-state index in [1.165, 1.54) is 6.92 Å². The van der Waals surface area contributed by atoms with Crippen molar-refractivity contribution in [2.45, 2.75) is 135 Å². The van der Waals surface area contributed by atoms with Gasteiger partial charge in [-0.1, -0.05) is 20.3 Å². The fraction of sp³-hybridized carbons (Fsp3) is 0.955. The molecule has 2 fully saturated rings. The Kier molecular flexibility index (Phi) is 10.3. The second-order valence-electron chi connectivity index (χ2n) is 8.49. The van der Waals surface area contributed by atoms with E-state index in [1.54, 1.807) is 6.92 Å². The first-order valence-electron chi connectivity index (χ1n) is 11.3. The molecule has 1 N–H and O–H groups in total. The molecular weight excluding hydrogens is 376 g/mol. The molecule has 0 aromatic carbocycles. The smallest absolute Gasteiger partial charge is 0.302 e. The minimum Gasteiger partial charge on any atom is -0.462 e. The number of hydrogen-bond donors (Lipinski definition) is 1. The van der Waals surface area contributed by atoms with Crippen molar-refractivity contribution in [3.05, 3.63) is 0 Å². The van der Waals surface area contributed by atoms with E-state index in [1.807, 2.05) is 6.92 Å². The van der Waals surface area contributed by atoms with Crippen LogP contribution in [0.25, 0.3) is 0 Å². The van der Waals surface area contributed by atoms with E-state index in [2.05, 4.69) is 13.8 Å². The molecule has 7 nitrogen and oxygen atoms in total. The molecule has 2 heterocycles. The van der Waals surface area contributed by atoms with Gasteiger partial charge in [0.1, 0.15) is 6.10 Å². The lowest BCUT2D eigenvalue weighted by molar-refractivity contribution is -0.271. The Morgan fingerprint density at radius 3 is 2.31 bits per heavy atom. The van der Waals surface area contributed by atoms with Gasteiger partial charge in [0.15, 0.2) is 12.6 Å². The summed E-state index contributed by atoms with van der Waals surface area (Å²) < 4.78 is 29.6. The number of carbonyl (C=O) groups is 1. The molecule has 0 amide bonds. The van der Waals surface area contributed by atoms with Crippen LogP contribution in [0.15, 0.2) is 0 Å². The number of aliphatic hydroxyl groups excluding tert-OH is 1. The van der Waals surface area contributed by atoms with Crippen molar-refractivity contribution in [2.75, 3.05) is 0 Å². The minimum atomic E-state index is -0.537. The number of ether oxygens (including phenoxy) is 5. The molecule has 2 aliphatic rings. The van der Waals surface area contributed by atoms with Crippen LogP contribution in [0.3, 0.4) is 0 Å². The zero-order valence-corrected chi connectivity index (χ0v) is 18.7. The summed E-state index contributed by atoms with van der Waals surface area (Å²) in [6.07, 6.45) is 5.08. The lowest BCUT2D eigenvalue weighted by atomic mass is 9.95. The third kappa shape index (κ3) is 8.89. The number of hydrogen-bond acceptors (Lipinski definition) is 7. The van der Waals surface area contributed by atoms with Gasteiger partial charge in [-0.3, -0.25) is 4.79 Å². The van der Waals surface area contributed by atoms with E-state index < -0.39 is 6.10 Å². The van der Waals surface area contributed by atoms with Gasteiger partial charge in [-0.25, -0.2) is 0 Å². The van der Waals surface area contributed by atoms with Crippen LogP contribution in [0.1, 0.15) is 86.0 Å². The standard InChI is InChI=1S/C22H40O7/c1-6-8-22-28-20(11-18(9-14(3)23)25-15(4)24)13-21(29-22)12-19-10-17(7-2)26-16(5)27-19/h14,16-23H,6-13H2,1-5H3. The second kappa shape index (κ2) is 12.2. The summed E-state index contributed by atoms with van der Waals surface area (Å²) in [6, 6.07) is 0. The summed E-state index contributed by atoms with van der Waals surface area (Å²) in [6.45, 7) is 9.29. The van der Waals surface area contributed by atoms with Gasteiger partial charge in [0.05, 0.1) is 30.5 Å². The molecule has 0 radical (unpaired) electrons. The zero-order chi connectivity index (χ0) is 21.4. The molecule has 8 atom stereocenters. The average Bonchev–Trinajstić information content (AvgIpc) is 2.60. The van der Waals surface area contributed by atoms with Crippen LogP contribution in [0.2, 0.25) is 0 Å². The first-order valence-corrected chi connectivity index (χ1v) is 11.3. The van der Waals surface area contributed by atoms with Gasteiger partial charge in [0.2, 0.25) is 0 Å². The molecule has 0 bridgehead atoms. The Morgan fingerprint density at radius 2 is 1.69 bits per heavy atom. The van der Waals surface area contributed by atoms with Crippen molar-refractivity contribution < 1.29 is 33.6 Å². The highest BCUT2D eigenvalue weighted by Gasteiger charge is 2.36. The second-order valence-corrected chi connectivity index (χ2v) is 8.49. The molecule has 0 saturated carbocycles. The van der Waals surface area contributed by atoms with E-state index >= 15 is 0 Å². The predicted octanol–water partition coefficient (Wildman–Crippen LogP) is 3.70. The highest BCUT2D eigenvalue weighted by molar-refractivity contribution is 5.66. The molecule has 29 heavy (non-hydrogen) atoms. The predicted molar refractivity (Wildman–Crippen MR) is 108 cm³/mol. The molecular formula is C22H40O7. The Morgan fingerprint density at radius 1 is 1.07 bits per heavy atom. The van der Waals surface area contributed by atoms with Crippen molar-refractivity contribution in [3.8, 4) is 0 Å². The monoisotopic (exact) mass is 416 g/mol. The molecule has 2 rings (SSSR count). The van der Waals surface area contributed by atoms with Crippen LogP contribution in [-0.4, -0.2) is 60.3 Å². The van der Waals surface area contributed by atoms with Crippen LogP contribution in [0.4, 0.5) is 0 Å². The normalized spacial score (nSPS) is 35.1. The number of esters is 1. The maximum absolute atomic E-state index is 11.5. The van der Waals surface area contributed by atoms with Gasteiger partial charge in [-0.15, -0.1) is 0 Å². The topological polar surface area (TPSA) is 83.5 Å². The van der Waals surface area contributed by atoms with E-state index in [-0.39, 0.29) is 49.1 Å². The number of rotatable bonds is 10. The van der Waals surface area contributed by atoms with Crippen molar-refractivity contribution in [1.29, 1.82) is 0 Å². The van der Waals surface area contributed by atoms with Gasteiger partial charge < -0.3 is 28.8 Å². The lowest BCUT2D eigenvalue weighted by Gasteiger charge is -2.40. The SMILES string of the molecule is CCCC1OC(CC(CC(C)O)OC(C)=O)CC(CC2CC(CC)OC(C)O2)O1. The van der Waals surface area contributed by atoms with Crippen LogP contribution in [0.5, 0.6) is 0 Å². The van der Waals surface area contributed by atoms with E-state index in [0.29, 0.717) is 12.8 Å². The largest absolute Gasteiger partial charge is 0.462 e. The summed E-state index contributed by atoms with van der Waals surface area (Å²) in [4.78, 5) is 11.5. The maximum atomic E-state index is 11.5. The van der Waals surface area contributed by atoms with Crippen LogP contribution in [-0.2, 0) is 28.5 Å². The fourth-order valence-corrected chi connectivity index (χ4v) is 4.33. The van der Waals surface area contributed by atoms with E-state index in [0.717, 1.165) is 38.5 Å². The quantitative estimate of drug-likeness (QED) is 0.544. The van der Waals surface area contributed by atoms with Gasteiger partial charge >= 0.3 is 5.97 Å². The zero-order valence-electron chi connectivity index (χ0n) is 18.7. The molecule has 0 spiro atoms. The Hall–Kier alpha value is -0.730. The van der Waals surface area contributed by atoms with Gasteiger partial charge in [-0.05, 0) is 26.7 Å².